The van der Waals surface area contributed by atoms with Gasteiger partial charge in [-0.1, -0.05) is 42.5 Å². The van der Waals surface area contributed by atoms with E-state index < -0.39 is 6.04 Å². The lowest BCUT2D eigenvalue weighted by Gasteiger charge is -2.28. The fourth-order valence-electron chi connectivity index (χ4n) is 3.43. The van der Waals surface area contributed by atoms with Gasteiger partial charge in [0, 0.05) is 18.3 Å². The van der Waals surface area contributed by atoms with Crippen LogP contribution in [0.3, 0.4) is 0 Å². The lowest BCUT2D eigenvalue weighted by atomic mass is 9.92. The van der Waals surface area contributed by atoms with Crippen LogP contribution in [-0.4, -0.2) is 21.8 Å². The maximum absolute atomic E-state index is 12.9. The van der Waals surface area contributed by atoms with Crippen LogP contribution in [0.25, 0.3) is 0 Å². The molecule has 2 heterocycles. The number of imidazole rings is 1. The zero-order valence-corrected chi connectivity index (χ0v) is 14.4. The van der Waals surface area contributed by atoms with Gasteiger partial charge in [0.25, 0.3) is 0 Å². The molecule has 0 saturated carbocycles. The molecule has 0 amide bonds. The average Bonchev–Trinajstić information content (AvgIpc) is 3.20. The van der Waals surface area contributed by atoms with E-state index in [1.165, 1.54) is 0 Å². The van der Waals surface area contributed by atoms with Gasteiger partial charge in [0.1, 0.15) is 11.9 Å². The lowest BCUT2D eigenvalue weighted by Crippen LogP contribution is -2.33. The first kappa shape index (κ1) is 16.5. The van der Waals surface area contributed by atoms with Crippen molar-refractivity contribution in [3.05, 3.63) is 83.4 Å². The molecule has 3 N–H and O–H groups in total. The van der Waals surface area contributed by atoms with Crippen LogP contribution in [0, 0.1) is 0 Å². The quantitative estimate of drug-likeness (QED) is 0.694. The van der Waals surface area contributed by atoms with Crippen LogP contribution in [0.5, 0.6) is 5.75 Å². The van der Waals surface area contributed by atoms with Crippen molar-refractivity contribution in [2.24, 2.45) is 5.73 Å². The molecule has 0 spiro atoms. The number of fused-ring (bicyclic) bond motifs is 1. The van der Waals surface area contributed by atoms with Gasteiger partial charge in [-0.2, -0.15) is 0 Å². The third kappa shape index (κ3) is 3.26. The summed E-state index contributed by atoms with van der Waals surface area (Å²) in [4.78, 5) is 19.9. The van der Waals surface area contributed by atoms with Crippen LogP contribution < -0.4 is 10.5 Å². The van der Waals surface area contributed by atoms with Gasteiger partial charge >= 0.3 is 0 Å². The number of Topliss-reactive ketones (excluding diaryl/α,β-unsaturated/α-hetero) is 1. The SMILES string of the molecule is N[C@@H](Cc1cnc[nH]1)C(=O)c1cccc2c1OC(c1ccccc1)CC2. The summed E-state index contributed by atoms with van der Waals surface area (Å²) in [6, 6.07) is 15.2. The van der Waals surface area contributed by atoms with Crippen molar-refractivity contribution < 1.29 is 9.53 Å². The van der Waals surface area contributed by atoms with Gasteiger partial charge < -0.3 is 15.5 Å². The minimum atomic E-state index is -0.636. The number of ketones is 1. The molecule has 1 aromatic heterocycles. The third-order valence-electron chi connectivity index (χ3n) is 4.80. The monoisotopic (exact) mass is 347 g/mol. The Bertz CT molecular complexity index is 891. The van der Waals surface area contributed by atoms with Gasteiger partial charge in [-0.05, 0) is 30.0 Å². The highest BCUT2D eigenvalue weighted by atomic mass is 16.5. The van der Waals surface area contributed by atoms with Crippen LogP contribution in [-0.2, 0) is 12.8 Å². The topological polar surface area (TPSA) is 81.0 Å². The number of nitrogens with one attached hydrogen (secondary N) is 1. The van der Waals surface area contributed by atoms with E-state index in [-0.39, 0.29) is 11.9 Å². The Labute approximate surface area is 152 Å². The van der Waals surface area contributed by atoms with Crippen LogP contribution in [0.2, 0.25) is 0 Å². The minimum Gasteiger partial charge on any atom is -0.485 e. The molecule has 4 rings (SSSR count). The van der Waals surface area contributed by atoms with Crippen molar-refractivity contribution >= 4 is 5.78 Å². The maximum Gasteiger partial charge on any atom is 0.183 e. The molecular weight excluding hydrogens is 326 g/mol. The van der Waals surface area contributed by atoms with E-state index in [2.05, 4.69) is 22.1 Å². The van der Waals surface area contributed by atoms with Crippen molar-refractivity contribution in [2.45, 2.75) is 31.4 Å². The lowest BCUT2D eigenvalue weighted by molar-refractivity contribution is 0.0949. The largest absolute Gasteiger partial charge is 0.485 e. The van der Waals surface area contributed by atoms with E-state index in [1.54, 1.807) is 18.6 Å². The number of hydrogen-bond acceptors (Lipinski definition) is 4. The van der Waals surface area contributed by atoms with E-state index in [1.807, 2.05) is 30.3 Å². The standard InChI is InChI=1S/C21H21N3O2/c22-18(11-16-12-23-13-24-16)20(25)17-8-4-7-15-9-10-19(26-21(15)17)14-5-2-1-3-6-14/h1-8,12-13,18-19H,9-11,22H2,(H,23,24)/t18-,19?/m0/s1. The predicted octanol–water partition coefficient (Wildman–Crippen LogP) is 3.23. The van der Waals surface area contributed by atoms with Gasteiger partial charge in [0.15, 0.2) is 5.78 Å². The molecule has 0 fully saturated rings. The number of hydrogen-bond donors (Lipinski definition) is 2. The summed E-state index contributed by atoms with van der Waals surface area (Å²) in [7, 11) is 0. The summed E-state index contributed by atoms with van der Waals surface area (Å²) >= 11 is 0. The minimum absolute atomic E-state index is 0.0403. The summed E-state index contributed by atoms with van der Waals surface area (Å²) < 4.78 is 6.26. The van der Waals surface area contributed by atoms with Crippen molar-refractivity contribution in [3.8, 4) is 5.75 Å². The summed E-state index contributed by atoms with van der Waals surface area (Å²) in [6.45, 7) is 0. The number of nitrogens with zero attached hydrogens (tertiary/aromatic N) is 1. The molecule has 0 bridgehead atoms. The average molecular weight is 347 g/mol. The number of aromatic nitrogens is 2. The number of nitrogens with two attached hydrogens (primary N) is 1. The van der Waals surface area contributed by atoms with Crippen LogP contribution in [0.15, 0.2) is 61.1 Å². The van der Waals surface area contributed by atoms with Crippen molar-refractivity contribution in [1.82, 2.24) is 9.97 Å². The van der Waals surface area contributed by atoms with Gasteiger partial charge in [-0.3, -0.25) is 4.79 Å². The number of H-pyrrole nitrogens is 1. The second-order valence-corrected chi connectivity index (χ2v) is 6.60. The molecule has 1 aliphatic heterocycles. The Balaban J connectivity index is 1.59. The fraction of sp³-hybridized carbons (Fsp3) is 0.238. The van der Waals surface area contributed by atoms with Gasteiger partial charge in [0.2, 0.25) is 0 Å². The Hall–Kier alpha value is -2.92. The first-order valence-corrected chi connectivity index (χ1v) is 8.83. The van der Waals surface area contributed by atoms with E-state index in [4.69, 9.17) is 10.5 Å². The number of carbonyl (C=O) groups is 1. The second kappa shape index (κ2) is 7.14. The first-order chi connectivity index (χ1) is 12.7. The normalized spacial score (nSPS) is 17.2. The Morgan fingerprint density at radius 1 is 1.23 bits per heavy atom. The number of aryl methyl sites for hydroxylation is 1. The predicted molar refractivity (Wildman–Crippen MR) is 99.2 cm³/mol. The van der Waals surface area contributed by atoms with Crippen molar-refractivity contribution in [2.75, 3.05) is 0 Å². The van der Waals surface area contributed by atoms with Gasteiger partial charge in [0.05, 0.1) is 17.9 Å². The molecule has 26 heavy (non-hydrogen) atoms. The van der Waals surface area contributed by atoms with Crippen LogP contribution in [0.1, 0.15) is 39.7 Å². The van der Waals surface area contributed by atoms with Gasteiger partial charge in [-0.25, -0.2) is 4.98 Å². The highest BCUT2D eigenvalue weighted by Crippen LogP contribution is 2.37. The molecular formula is C21H21N3O2. The van der Waals surface area contributed by atoms with Crippen molar-refractivity contribution in [3.63, 3.8) is 0 Å². The zero-order valence-electron chi connectivity index (χ0n) is 14.4. The number of ether oxygens (including phenoxy) is 1. The summed E-state index contributed by atoms with van der Waals surface area (Å²) in [5, 5.41) is 0. The molecule has 1 unspecified atom stereocenters. The van der Waals surface area contributed by atoms with Crippen LogP contribution >= 0.6 is 0 Å². The molecule has 132 valence electrons. The molecule has 2 atom stereocenters. The van der Waals surface area contributed by atoms with Gasteiger partial charge in [-0.15, -0.1) is 0 Å². The second-order valence-electron chi connectivity index (χ2n) is 6.60. The number of carbonyl (C=O) groups excluding carboxylic acids is 1. The molecule has 3 aromatic rings. The smallest absolute Gasteiger partial charge is 0.183 e. The summed E-state index contributed by atoms with van der Waals surface area (Å²) in [6.07, 6.45) is 5.44. The molecule has 5 nitrogen and oxygen atoms in total. The van der Waals surface area contributed by atoms with Crippen LogP contribution in [0.4, 0.5) is 0 Å². The Morgan fingerprint density at radius 2 is 2.08 bits per heavy atom. The van der Waals surface area contributed by atoms with E-state index in [9.17, 15) is 4.79 Å². The van der Waals surface area contributed by atoms with E-state index in [0.29, 0.717) is 17.7 Å². The third-order valence-corrected chi connectivity index (χ3v) is 4.80. The zero-order chi connectivity index (χ0) is 17.9. The Morgan fingerprint density at radius 3 is 2.85 bits per heavy atom. The Kier molecular flexibility index (Phi) is 4.54. The highest BCUT2D eigenvalue weighted by Gasteiger charge is 2.27. The number of para-hydroxylation sites is 1. The summed E-state index contributed by atoms with van der Waals surface area (Å²) in [5.41, 5.74) is 9.77. The van der Waals surface area contributed by atoms with E-state index >= 15 is 0 Å². The molecule has 5 heteroatoms. The summed E-state index contributed by atoms with van der Waals surface area (Å²) in [5.74, 6) is 0.572. The van der Waals surface area contributed by atoms with Crippen molar-refractivity contribution in [1.29, 1.82) is 0 Å². The van der Waals surface area contributed by atoms with E-state index in [0.717, 1.165) is 29.7 Å². The number of benzene rings is 2. The number of rotatable bonds is 5. The highest BCUT2D eigenvalue weighted by molar-refractivity contribution is 6.02. The first-order valence-electron chi connectivity index (χ1n) is 8.83. The number of aromatic amines is 1. The molecule has 0 saturated heterocycles. The maximum atomic E-state index is 12.9. The molecule has 0 radical (unpaired) electrons. The molecule has 2 aromatic carbocycles. The fourth-order valence-corrected chi connectivity index (χ4v) is 3.43. The molecule has 0 aliphatic carbocycles. The molecule has 1 aliphatic rings.